The van der Waals surface area contributed by atoms with Crippen molar-refractivity contribution in [3.05, 3.63) is 0 Å². The summed E-state index contributed by atoms with van der Waals surface area (Å²) >= 11 is 3.30. The van der Waals surface area contributed by atoms with Gasteiger partial charge in [-0.15, -0.1) is 0 Å². The lowest BCUT2D eigenvalue weighted by atomic mass is 10.3. The largest absolute Gasteiger partial charge is 0.348 e. The van der Waals surface area contributed by atoms with Crippen molar-refractivity contribution in [3.63, 3.8) is 0 Å². The first-order valence-corrected chi connectivity index (χ1v) is 4.87. The van der Waals surface area contributed by atoms with Crippen molar-refractivity contribution >= 4 is 27.6 Å². The van der Waals surface area contributed by atoms with E-state index in [2.05, 4.69) is 21.2 Å². The van der Waals surface area contributed by atoms with Gasteiger partial charge in [0.2, 0.25) is 5.91 Å². The van der Waals surface area contributed by atoms with E-state index in [1.165, 1.54) is 0 Å². The standard InChI is InChI=1S/C8H12BrNO2/c1-2-6(11)5-10-7(12)8(9)3-4-8/h2-5H2,1H3,(H,10,12). The van der Waals surface area contributed by atoms with Gasteiger partial charge in [-0.25, -0.2) is 0 Å². The molecule has 0 bridgehead atoms. The summed E-state index contributed by atoms with van der Waals surface area (Å²) in [5.74, 6) is 0.0180. The molecule has 0 aromatic carbocycles. The molecular weight excluding hydrogens is 222 g/mol. The lowest BCUT2D eigenvalue weighted by molar-refractivity contribution is -0.125. The highest BCUT2D eigenvalue weighted by atomic mass is 79.9. The zero-order valence-corrected chi connectivity index (χ0v) is 8.61. The molecular formula is C8H12BrNO2. The average Bonchev–Trinajstić information content (AvgIpc) is 2.80. The van der Waals surface area contributed by atoms with Crippen LogP contribution in [0, 0.1) is 0 Å². The van der Waals surface area contributed by atoms with E-state index in [-0.39, 0.29) is 22.6 Å². The summed E-state index contributed by atoms with van der Waals surface area (Å²) in [7, 11) is 0. The average molecular weight is 234 g/mol. The zero-order chi connectivity index (χ0) is 9.19. The lowest BCUT2D eigenvalue weighted by Gasteiger charge is -2.06. The summed E-state index contributed by atoms with van der Waals surface area (Å²) in [5.41, 5.74) is 0. The van der Waals surface area contributed by atoms with E-state index in [0.717, 1.165) is 12.8 Å². The summed E-state index contributed by atoms with van der Waals surface area (Å²) in [4.78, 5) is 22.1. The number of carbonyl (C=O) groups is 2. The molecule has 0 atom stereocenters. The number of alkyl halides is 1. The second-order valence-corrected chi connectivity index (χ2v) is 4.56. The Morgan fingerprint density at radius 1 is 1.50 bits per heavy atom. The van der Waals surface area contributed by atoms with E-state index in [9.17, 15) is 9.59 Å². The summed E-state index contributed by atoms with van der Waals surface area (Å²) in [6.07, 6.45) is 2.23. The molecule has 1 aliphatic carbocycles. The first-order valence-electron chi connectivity index (χ1n) is 4.07. The number of hydrogen-bond acceptors (Lipinski definition) is 2. The van der Waals surface area contributed by atoms with E-state index in [0.29, 0.717) is 6.42 Å². The second-order valence-electron chi connectivity index (χ2n) is 3.04. The number of Topliss-reactive ketones (excluding diaryl/α,β-unsaturated/α-hetero) is 1. The molecule has 0 heterocycles. The number of nitrogens with one attached hydrogen (secondary N) is 1. The van der Waals surface area contributed by atoms with Crippen molar-refractivity contribution in [1.29, 1.82) is 0 Å². The molecule has 4 heteroatoms. The summed E-state index contributed by atoms with van der Waals surface area (Å²) in [6, 6.07) is 0. The molecule has 0 unspecified atom stereocenters. The van der Waals surface area contributed by atoms with Crippen LogP contribution >= 0.6 is 15.9 Å². The highest BCUT2D eigenvalue weighted by Crippen LogP contribution is 2.44. The van der Waals surface area contributed by atoms with Crippen LogP contribution in [0.15, 0.2) is 0 Å². The van der Waals surface area contributed by atoms with Crippen LogP contribution in [-0.4, -0.2) is 22.6 Å². The maximum atomic E-state index is 11.2. The van der Waals surface area contributed by atoms with E-state index in [1.807, 2.05) is 0 Å². The van der Waals surface area contributed by atoms with Crippen LogP contribution in [0.4, 0.5) is 0 Å². The predicted molar refractivity (Wildman–Crippen MR) is 49.2 cm³/mol. The third-order valence-electron chi connectivity index (χ3n) is 1.94. The van der Waals surface area contributed by atoms with Gasteiger partial charge in [0.1, 0.15) is 4.32 Å². The Morgan fingerprint density at radius 3 is 2.50 bits per heavy atom. The Labute approximate surface area is 80.0 Å². The first kappa shape index (κ1) is 9.71. The molecule has 1 saturated carbocycles. The molecule has 68 valence electrons. The van der Waals surface area contributed by atoms with Crippen LogP contribution < -0.4 is 5.32 Å². The van der Waals surface area contributed by atoms with Crippen molar-refractivity contribution in [3.8, 4) is 0 Å². The molecule has 1 N–H and O–H groups in total. The Morgan fingerprint density at radius 2 is 2.08 bits per heavy atom. The summed E-state index contributed by atoms with van der Waals surface area (Å²) in [6.45, 7) is 1.96. The smallest absolute Gasteiger partial charge is 0.237 e. The minimum Gasteiger partial charge on any atom is -0.348 e. The minimum atomic E-state index is -0.346. The van der Waals surface area contributed by atoms with Crippen LogP contribution in [0.1, 0.15) is 26.2 Å². The SMILES string of the molecule is CCC(=O)CNC(=O)C1(Br)CC1. The Hall–Kier alpha value is -0.380. The number of ketones is 1. The molecule has 3 nitrogen and oxygen atoms in total. The van der Waals surface area contributed by atoms with Gasteiger partial charge in [0.05, 0.1) is 6.54 Å². The number of amides is 1. The van der Waals surface area contributed by atoms with Gasteiger partial charge in [-0.05, 0) is 12.8 Å². The van der Waals surface area contributed by atoms with E-state index < -0.39 is 0 Å². The lowest BCUT2D eigenvalue weighted by Crippen LogP contribution is -2.35. The molecule has 12 heavy (non-hydrogen) atoms. The fraction of sp³-hybridized carbons (Fsp3) is 0.750. The van der Waals surface area contributed by atoms with Crippen LogP contribution in [0.2, 0.25) is 0 Å². The number of rotatable bonds is 4. The van der Waals surface area contributed by atoms with Crippen LogP contribution in [-0.2, 0) is 9.59 Å². The molecule has 0 aromatic rings. The normalized spacial score (nSPS) is 18.5. The third kappa shape index (κ3) is 2.30. The first-order chi connectivity index (χ1) is 5.58. The van der Waals surface area contributed by atoms with Crippen LogP contribution in [0.3, 0.4) is 0 Å². The van der Waals surface area contributed by atoms with E-state index in [1.54, 1.807) is 6.92 Å². The minimum absolute atomic E-state index is 0.0516. The van der Waals surface area contributed by atoms with Gasteiger partial charge in [-0.1, -0.05) is 22.9 Å². The maximum absolute atomic E-state index is 11.2. The Bertz CT molecular complexity index is 211. The van der Waals surface area contributed by atoms with Gasteiger partial charge >= 0.3 is 0 Å². The van der Waals surface area contributed by atoms with E-state index >= 15 is 0 Å². The molecule has 0 aromatic heterocycles. The number of halogens is 1. The fourth-order valence-electron chi connectivity index (χ4n) is 0.799. The van der Waals surface area contributed by atoms with Gasteiger partial charge in [0.15, 0.2) is 5.78 Å². The number of hydrogen-bond donors (Lipinski definition) is 1. The highest BCUT2D eigenvalue weighted by Gasteiger charge is 2.47. The Kier molecular flexibility index (Phi) is 2.88. The van der Waals surface area contributed by atoms with E-state index in [4.69, 9.17) is 0 Å². The highest BCUT2D eigenvalue weighted by molar-refractivity contribution is 9.10. The van der Waals surface area contributed by atoms with Crippen LogP contribution in [0.5, 0.6) is 0 Å². The molecule has 0 aliphatic heterocycles. The van der Waals surface area contributed by atoms with Crippen molar-refractivity contribution < 1.29 is 9.59 Å². The Balaban J connectivity index is 2.23. The monoisotopic (exact) mass is 233 g/mol. The van der Waals surface area contributed by atoms with Crippen molar-refractivity contribution in [2.75, 3.05) is 6.54 Å². The van der Waals surface area contributed by atoms with Gasteiger partial charge in [0, 0.05) is 6.42 Å². The fourth-order valence-corrected chi connectivity index (χ4v) is 1.14. The summed E-state index contributed by atoms with van der Waals surface area (Å²) in [5, 5.41) is 2.60. The molecule has 1 rings (SSSR count). The molecule has 1 amide bonds. The van der Waals surface area contributed by atoms with Crippen molar-refractivity contribution in [1.82, 2.24) is 5.32 Å². The van der Waals surface area contributed by atoms with Crippen LogP contribution in [0.25, 0.3) is 0 Å². The van der Waals surface area contributed by atoms with Gasteiger partial charge in [-0.3, -0.25) is 9.59 Å². The molecule has 1 fully saturated rings. The topological polar surface area (TPSA) is 46.2 Å². The van der Waals surface area contributed by atoms with Crippen molar-refractivity contribution in [2.45, 2.75) is 30.5 Å². The summed E-state index contributed by atoms with van der Waals surface area (Å²) < 4.78 is -0.346. The number of carbonyl (C=O) groups excluding carboxylic acids is 2. The van der Waals surface area contributed by atoms with Gasteiger partial charge in [0.25, 0.3) is 0 Å². The molecule has 0 spiro atoms. The van der Waals surface area contributed by atoms with Gasteiger partial charge in [-0.2, -0.15) is 0 Å². The molecule has 0 radical (unpaired) electrons. The molecule has 1 aliphatic rings. The second kappa shape index (κ2) is 3.56. The maximum Gasteiger partial charge on any atom is 0.237 e. The van der Waals surface area contributed by atoms with Crippen molar-refractivity contribution in [2.24, 2.45) is 0 Å². The van der Waals surface area contributed by atoms with Gasteiger partial charge < -0.3 is 5.32 Å². The quantitative estimate of drug-likeness (QED) is 0.738. The third-order valence-corrected chi connectivity index (χ3v) is 3.09. The molecule has 0 saturated heterocycles. The predicted octanol–water partition coefficient (Wildman–Crippen LogP) is 1.01. The zero-order valence-electron chi connectivity index (χ0n) is 7.02.